The largest absolute Gasteiger partial charge is 0.358 e. The lowest BCUT2D eigenvalue weighted by Crippen LogP contribution is -2.33. The molecule has 1 N–H and O–H groups in total. The van der Waals surface area contributed by atoms with E-state index in [0.29, 0.717) is 6.54 Å². The lowest BCUT2D eigenvalue weighted by Gasteiger charge is -2.20. The summed E-state index contributed by atoms with van der Waals surface area (Å²) in [6.45, 7) is 6.60. The first-order chi connectivity index (χ1) is 10.1. The summed E-state index contributed by atoms with van der Waals surface area (Å²) in [5, 5.41) is 2.83. The summed E-state index contributed by atoms with van der Waals surface area (Å²) in [5.74, 6) is 0.0436. The number of carbonyl (C=O) groups excluding carboxylic acids is 1. The second kappa shape index (κ2) is 7.80. The van der Waals surface area contributed by atoms with Crippen LogP contribution < -0.4 is 5.32 Å². The molecule has 1 aliphatic heterocycles. The van der Waals surface area contributed by atoms with Gasteiger partial charge in [0.25, 0.3) is 0 Å². The van der Waals surface area contributed by atoms with E-state index in [4.69, 9.17) is 12.2 Å². The predicted octanol–water partition coefficient (Wildman–Crippen LogP) is 3.11. The van der Waals surface area contributed by atoms with Gasteiger partial charge in [0.15, 0.2) is 0 Å². The standard InChI is InChI=1S/C16H22N2OS2/c1-12-5-7-14(8-6-12)11-17-15(19)13(2)21-16(20)18-9-3-4-10-18/h5-8,13H,3-4,9-11H2,1-2H3,(H,17,19)/t13-/m0/s1. The summed E-state index contributed by atoms with van der Waals surface area (Å²) in [6.07, 6.45) is 2.41. The van der Waals surface area contributed by atoms with Crippen molar-refractivity contribution < 1.29 is 4.79 Å². The van der Waals surface area contributed by atoms with Gasteiger partial charge in [-0.15, -0.1) is 0 Å². The van der Waals surface area contributed by atoms with Crippen molar-refractivity contribution in [2.24, 2.45) is 0 Å². The zero-order chi connectivity index (χ0) is 15.2. The van der Waals surface area contributed by atoms with E-state index in [-0.39, 0.29) is 11.2 Å². The predicted molar refractivity (Wildman–Crippen MR) is 93.5 cm³/mol. The zero-order valence-corrected chi connectivity index (χ0v) is 14.2. The Bertz CT molecular complexity index is 496. The molecule has 1 amide bonds. The molecule has 5 heteroatoms. The summed E-state index contributed by atoms with van der Waals surface area (Å²) < 4.78 is 0.852. The first kappa shape index (κ1) is 16.3. The fraction of sp³-hybridized carbons (Fsp3) is 0.500. The van der Waals surface area contributed by atoms with Crippen molar-refractivity contribution in [2.45, 2.75) is 38.5 Å². The van der Waals surface area contributed by atoms with E-state index in [9.17, 15) is 4.79 Å². The molecular formula is C16H22N2OS2. The molecule has 1 atom stereocenters. The highest BCUT2D eigenvalue weighted by molar-refractivity contribution is 8.23. The molecule has 0 spiro atoms. The van der Waals surface area contributed by atoms with E-state index >= 15 is 0 Å². The van der Waals surface area contributed by atoms with Crippen molar-refractivity contribution in [3.8, 4) is 0 Å². The molecule has 1 saturated heterocycles. The second-order valence-corrected chi connectivity index (χ2v) is 7.40. The lowest BCUT2D eigenvalue weighted by molar-refractivity contribution is -0.120. The number of likely N-dealkylation sites (tertiary alicyclic amines) is 1. The summed E-state index contributed by atoms with van der Waals surface area (Å²) in [5.41, 5.74) is 2.35. The number of rotatable bonds is 4. The molecule has 0 bridgehead atoms. The molecule has 0 saturated carbocycles. The van der Waals surface area contributed by atoms with Crippen molar-refractivity contribution in [2.75, 3.05) is 13.1 Å². The molecule has 0 radical (unpaired) electrons. The van der Waals surface area contributed by atoms with Crippen molar-refractivity contribution in [1.29, 1.82) is 0 Å². The van der Waals surface area contributed by atoms with Crippen LogP contribution in [-0.2, 0) is 11.3 Å². The van der Waals surface area contributed by atoms with Crippen molar-refractivity contribution in [3.05, 3.63) is 35.4 Å². The van der Waals surface area contributed by atoms with E-state index in [1.807, 2.05) is 19.1 Å². The summed E-state index contributed by atoms with van der Waals surface area (Å²) >= 11 is 6.90. The molecular weight excluding hydrogens is 300 g/mol. The first-order valence-corrected chi connectivity index (χ1v) is 8.64. The maximum absolute atomic E-state index is 12.1. The Kier molecular flexibility index (Phi) is 6.06. The third-order valence-corrected chi connectivity index (χ3v) is 5.17. The van der Waals surface area contributed by atoms with E-state index in [1.54, 1.807) is 0 Å². The Morgan fingerprint density at radius 2 is 1.95 bits per heavy atom. The van der Waals surface area contributed by atoms with E-state index in [1.165, 1.54) is 30.2 Å². The van der Waals surface area contributed by atoms with Gasteiger partial charge in [0.1, 0.15) is 4.32 Å². The van der Waals surface area contributed by atoms with Crippen molar-refractivity contribution in [3.63, 3.8) is 0 Å². The molecule has 1 heterocycles. The molecule has 0 unspecified atom stereocenters. The number of thiocarbonyl (C=S) groups is 1. The number of nitrogens with zero attached hydrogens (tertiary/aromatic N) is 1. The van der Waals surface area contributed by atoms with Crippen LogP contribution in [0.3, 0.4) is 0 Å². The van der Waals surface area contributed by atoms with Gasteiger partial charge in [0.05, 0.1) is 5.25 Å². The fourth-order valence-electron chi connectivity index (χ4n) is 2.22. The number of hydrogen-bond acceptors (Lipinski definition) is 3. The highest BCUT2D eigenvalue weighted by atomic mass is 32.2. The Hall–Kier alpha value is -1.07. The summed E-state index contributed by atoms with van der Waals surface area (Å²) in [4.78, 5) is 14.3. The van der Waals surface area contributed by atoms with Crippen LogP contribution >= 0.6 is 24.0 Å². The van der Waals surface area contributed by atoms with Crippen LogP contribution in [0.15, 0.2) is 24.3 Å². The minimum absolute atomic E-state index is 0.0436. The van der Waals surface area contributed by atoms with Crippen LogP contribution in [0.25, 0.3) is 0 Å². The van der Waals surface area contributed by atoms with Crippen molar-refractivity contribution >= 4 is 34.2 Å². The molecule has 3 nitrogen and oxygen atoms in total. The Morgan fingerprint density at radius 1 is 1.33 bits per heavy atom. The molecule has 114 valence electrons. The van der Waals surface area contributed by atoms with Gasteiger partial charge in [-0.25, -0.2) is 0 Å². The number of thioether (sulfide) groups is 1. The van der Waals surface area contributed by atoms with E-state index < -0.39 is 0 Å². The molecule has 1 aromatic rings. The number of aryl methyl sites for hydroxylation is 1. The van der Waals surface area contributed by atoms with Gasteiger partial charge < -0.3 is 10.2 Å². The van der Waals surface area contributed by atoms with Crippen LogP contribution in [0.4, 0.5) is 0 Å². The van der Waals surface area contributed by atoms with Gasteiger partial charge >= 0.3 is 0 Å². The highest BCUT2D eigenvalue weighted by Gasteiger charge is 2.21. The van der Waals surface area contributed by atoms with E-state index in [2.05, 4.69) is 29.3 Å². The fourth-order valence-corrected chi connectivity index (χ4v) is 3.66. The Labute approximate surface area is 136 Å². The van der Waals surface area contributed by atoms with Crippen LogP contribution in [0.2, 0.25) is 0 Å². The molecule has 1 aromatic carbocycles. The van der Waals surface area contributed by atoms with Gasteiger partial charge in [-0.3, -0.25) is 4.79 Å². The smallest absolute Gasteiger partial charge is 0.233 e. The number of nitrogens with one attached hydrogen (secondary N) is 1. The van der Waals surface area contributed by atoms with Gasteiger partial charge in [-0.2, -0.15) is 0 Å². The molecule has 1 aliphatic rings. The monoisotopic (exact) mass is 322 g/mol. The van der Waals surface area contributed by atoms with Crippen LogP contribution in [0, 0.1) is 6.92 Å². The molecule has 0 aromatic heterocycles. The second-order valence-electron chi connectivity index (χ2n) is 5.42. The number of amides is 1. The zero-order valence-electron chi connectivity index (χ0n) is 12.6. The van der Waals surface area contributed by atoms with Crippen LogP contribution in [-0.4, -0.2) is 33.5 Å². The summed E-state index contributed by atoms with van der Waals surface area (Å²) in [6, 6.07) is 8.20. The molecule has 1 fully saturated rings. The van der Waals surface area contributed by atoms with Gasteiger partial charge in [-0.1, -0.05) is 53.8 Å². The van der Waals surface area contributed by atoms with Gasteiger partial charge in [0, 0.05) is 19.6 Å². The Morgan fingerprint density at radius 3 is 2.57 bits per heavy atom. The number of benzene rings is 1. The van der Waals surface area contributed by atoms with Crippen LogP contribution in [0.1, 0.15) is 30.9 Å². The third kappa shape index (κ3) is 5.00. The molecule has 21 heavy (non-hydrogen) atoms. The quantitative estimate of drug-likeness (QED) is 0.863. The normalized spacial score (nSPS) is 15.8. The topological polar surface area (TPSA) is 32.3 Å². The lowest BCUT2D eigenvalue weighted by atomic mass is 10.1. The average Bonchev–Trinajstić information content (AvgIpc) is 3.00. The van der Waals surface area contributed by atoms with Gasteiger partial charge in [0.2, 0.25) is 5.91 Å². The van der Waals surface area contributed by atoms with Crippen LogP contribution in [0.5, 0.6) is 0 Å². The number of carbonyl (C=O) groups is 1. The van der Waals surface area contributed by atoms with Crippen molar-refractivity contribution in [1.82, 2.24) is 10.2 Å². The average molecular weight is 322 g/mol. The van der Waals surface area contributed by atoms with E-state index in [0.717, 1.165) is 23.0 Å². The minimum atomic E-state index is -0.149. The SMILES string of the molecule is Cc1ccc(CNC(=O)[C@H](C)SC(=S)N2CCCC2)cc1. The molecule has 0 aliphatic carbocycles. The Balaban J connectivity index is 1.76. The highest BCUT2D eigenvalue weighted by Crippen LogP contribution is 2.20. The first-order valence-electron chi connectivity index (χ1n) is 7.35. The number of hydrogen-bond donors (Lipinski definition) is 1. The summed E-state index contributed by atoms with van der Waals surface area (Å²) in [7, 11) is 0. The van der Waals surface area contributed by atoms with Gasteiger partial charge in [-0.05, 0) is 32.3 Å². The third-order valence-electron chi connectivity index (χ3n) is 3.60. The maximum Gasteiger partial charge on any atom is 0.233 e. The maximum atomic E-state index is 12.1. The minimum Gasteiger partial charge on any atom is -0.358 e. The molecule has 2 rings (SSSR count).